The SMILES string of the molecule is CC(C)(C)C[C@@H](C(=O)N1CCCCC1)C(C)(C)C. The lowest BCUT2D eigenvalue weighted by Crippen LogP contribution is -2.45. The van der Waals surface area contributed by atoms with Crippen molar-refractivity contribution in [1.82, 2.24) is 4.90 Å². The number of nitrogens with zero attached hydrogens (tertiary/aromatic N) is 1. The summed E-state index contributed by atoms with van der Waals surface area (Å²) in [5, 5.41) is 0. The van der Waals surface area contributed by atoms with Gasteiger partial charge in [-0.2, -0.15) is 0 Å². The van der Waals surface area contributed by atoms with Crippen LogP contribution in [0.5, 0.6) is 0 Å². The van der Waals surface area contributed by atoms with Gasteiger partial charge in [0.15, 0.2) is 0 Å². The number of piperidine rings is 1. The molecule has 0 aromatic heterocycles. The number of rotatable bonds is 2. The minimum Gasteiger partial charge on any atom is -0.342 e. The molecule has 0 radical (unpaired) electrons. The summed E-state index contributed by atoms with van der Waals surface area (Å²) in [5.41, 5.74) is 0.269. The summed E-state index contributed by atoms with van der Waals surface area (Å²) in [6, 6.07) is 0. The molecule has 1 amide bonds. The predicted octanol–water partition coefficient (Wildman–Crippen LogP) is 4.10. The fourth-order valence-corrected chi connectivity index (χ4v) is 2.71. The Kier molecular flexibility index (Phi) is 4.85. The quantitative estimate of drug-likeness (QED) is 0.725. The number of likely N-dealkylation sites (tertiary alicyclic amines) is 1. The van der Waals surface area contributed by atoms with Gasteiger partial charge in [-0.3, -0.25) is 4.79 Å². The molecule has 0 aromatic carbocycles. The van der Waals surface area contributed by atoms with Crippen molar-refractivity contribution in [3.8, 4) is 0 Å². The standard InChI is InChI=1S/C16H31NO/c1-15(2,3)12-13(16(4,5)6)14(18)17-10-8-7-9-11-17/h13H,7-12H2,1-6H3/t13-/m0/s1. The van der Waals surface area contributed by atoms with Gasteiger partial charge in [0, 0.05) is 19.0 Å². The van der Waals surface area contributed by atoms with Crippen molar-refractivity contribution in [2.75, 3.05) is 13.1 Å². The molecular weight excluding hydrogens is 222 g/mol. The first-order valence-corrected chi connectivity index (χ1v) is 7.40. The van der Waals surface area contributed by atoms with Crippen molar-refractivity contribution in [2.45, 2.75) is 67.2 Å². The Labute approximate surface area is 113 Å². The number of hydrogen-bond acceptors (Lipinski definition) is 1. The van der Waals surface area contributed by atoms with Gasteiger partial charge >= 0.3 is 0 Å². The lowest BCUT2D eigenvalue weighted by atomic mass is 9.71. The molecule has 2 nitrogen and oxygen atoms in total. The van der Waals surface area contributed by atoms with Crippen LogP contribution in [0.4, 0.5) is 0 Å². The Morgan fingerprint density at radius 2 is 1.50 bits per heavy atom. The van der Waals surface area contributed by atoms with Crippen LogP contribution in [-0.2, 0) is 4.79 Å². The third-order valence-corrected chi connectivity index (χ3v) is 3.83. The predicted molar refractivity (Wildman–Crippen MR) is 77.4 cm³/mol. The Balaban J connectivity index is 2.79. The smallest absolute Gasteiger partial charge is 0.226 e. The van der Waals surface area contributed by atoms with Gasteiger partial charge in [-0.15, -0.1) is 0 Å². The summed E-state index contributed by atoms with van der Waals surface area (Å²) >= 11 is 0. The first kappa shape index (κ1) is 15.5. The van der Waals surface area contributed by atoms with E-state index in [0.717, 1.165) is 19.5 Å². The third-order valence-electron chi connectivity index (χ3n) is 3.83. The maximum absolute atomic E-state index is 12.7. The van der Waals surface area contributed by atoms with Gasteiger partial charge in [-0.25, -0.2) is 0 Å². The molecule has 0 spiro atoms. The molecule has 106 valence electrons. The Bertz CT molecular complexity index is 276. The highest BCUT2D eigenvalue weighted by molar-refractivity contribution is 5.79. The Morgan fingerprint density at radius 3 is 1.89 bits per heavy atom. The van der Waals surface area contributed by atoms with E-state index in [4.69, 9.17) is 0 Å². The molecular formula is C16H31NO. The minimum absolute atomic E-state index is 0.0574. The fraction of sp³-hybridized carbons (Fsp3) is 0.938. The topological polar surface area (TPSA) is 20.3 Å². The number of hydrogen-bond donors (Lipinski definition) is 0. The van der Waals surface area contributed by atoms with Crippen molar-refractivity contribution in [1.29, 1.82) is 0 Å². The van der Waals surface area contributed by atoms with Crippen LogP contribution in [0.2, 0.25) is 0 Å². The van der Waals surface area contributed by atoms with Crippen LogP contribution in [0.1, 0.15) is 67.2 Å². The van der Waals surface area contributed by atoms with E-state index in [0.29, 0.717) is 5.91 Å². The maximum Gasteiger partial charge on any atom is 0.226 e. The van der Waals surface area contributed by atoms with Gasteiger partial charge in [0.1, 0.15) is 0 Å². The molecule has 1 rings (SSSR count). The van der Waals surface area contributed by atoms with Crippen molar-refractivity contribution >= 4 is 5.91 Å². The van der Waals surface area contributed by atoms with Crippen molar-refractivity contribution in [2.24, 2.45) is 16.7 Å². The van der Waals surface area contributed by atoms with E-state index in [2.05, 4.69) is 46.4 Å². The molecule has 1 fully saturated rings. The van der Waals surface area contributed by atoms with E-state index in [1.165, 1.54) is 19.3 Å². The molecule has 1 atom stereocenters. The molecule has 1 saturated heterocycles. The van der Waals surface area contributed by atoms with Crippen LogP contribution < -0.4 is 0 Å². The zero-order valence-corrected chi connectivity index (χ0v) is 13.2. The van der Waals surface area contributed by atoms with Crippen LogP contribution in [0.15, 0.2) is 0 Å². The average Bonchev–Trinajstić information content (AvgIpc) is 2.24. The van der Waals surface area contributed by atoms with Crippen LogP contribution in [0.3, 0.4) is 0 Å². The molecule has 0 aromatic rings. The largest absolute Gasteiger partial charge is 0.342 e. The molecule has 0 aliphatic carbocycles. The second-order valence-electron chi connectivity index (χ2n) is 8.07. The highest BCUT2D eigenvalue weighted by Crippen LogP contribution is 2.37. The van der Waals surface area contributed by atoms with Gasteiger partial charge in [0.2, 0.25) is 5.91 Å². The number of carbonyl (C=O) groups is 1. The molecule has 1 heterocycles. The van der Waals surface area contributed by atoms with Crippen LogP contribution >= 0.6 is 0 Å². The zero-order valence-electron chi connectivity index (χ0n) is 13.2. The van der Waals surface area contributed by atoms with Crippen LogP contribution in [0.25, 0.3) is 0 Å². The van der Waals surface area contributed by atoms with E-state index in [9.17, 15) is 4.79 Å². The highest BCUT2D eigenvalue weighted by Gasteiger charge is 2.37. The molecule has 0 N–H and O–H groups in total. The monoisotopic (exact) mass is 253 g/mol. The molecule has 1 aliphatic heterocycles. The van der Waals surface area contributed by atoms with Crippen LogP contribution in [-0.4, -0.2) is 23.9 Å². The molecule has 2 heteroatoms. The lowest BCUT2D eigenvalue weighted by molar-refractivity contribution is -0.141. The average molecular weight is 253 g/mol. The van der Waals surface area contributed by atoms with Gasteiger partial charge in [-0.05, 0) is 36.5 Å². The summed E-state index contributed by atoms with van der Waals surface area (Å²) < 4.78 is 0. The van der Waals surface area contributed by atoms with Crippen LogP contribution in [0, 0.1) is 16.7 Å². The van der Waals surface area contributed by atoms with Gasteiger partial charge in [-0.1, -0.05) is 41.5 Å². The minimum atomic E-state index is 0.0574. The molecule has 0 bridgehead atoms. The number of carbonyl (C=O) groups excluding carboxylic acids is 1. The first-order valence-electron chi connectivity index (χ1n) is 7.40. The molecule has 1 aliphatic rings. The Morgan fingerprint density at radius 1 is 1.00 bits per heavy atom. The van der Waals surface area contributed by atoms with E-state index in [-0.39, 0.29) is 16.7 Å². The maximum atomic E-state index is 12.7. The summed E-state index contributed by atoms with van der Waals surface area (Å²) in [7, 11) is 0. The first-order chi connectivity index (χ1) is 8.11. The van der Waals surface area contributed by atoms with Crippen molar-refractivity contribution in [3.63, 3.8) is 0 Å². The highest BCUT2D eigenvalue weighted by atomic mass is 16.2. The van der Waals surface area contributed by atoms with E-state index < -0.39 is 0 Å². The summed E-state index contributed by atoms with van der Waals surface area (Å²) in [5.74, 6) is 0.535. The fourth-order valence-electron chi connectivity index (χ4n) is 2.71. The summed E-state index contributed by atoms with van der Waals surface area (Å²) in [4.78, 5) is 14.9. The van der Waals surface area contributed by atoms with Gasteiger partial charge in [0.05, 0.1) is 0 Å². The Hall–Kier alpha value is -0.530. The second-order valence-corrected chi connectivity index (χ2v) is 8.07. The second kappa shape index (κ2) is 5.63. The molecule has 0 saturated carbocycles. The third kappa shape index (κ3) is 4.62. The molecule has 0 unspecified atom stereocenters. The normalized spacial score (nSPS) is 19.8. The van der Waals surface area contributed by atoms with E-state index in [1.807, 2.05) is 0 Å². The van der Waals surface area contributed by atoms with E-state index >= 15 is 0 Å². The van der Waals surface area contributed by atoms with E-state index in [1.54, 1.807) is 0 Å². The summed E-state index contributed by atoms with van der Waals surface area (Å²) in [6.45, 7) is 15.2. The van der Waals surface area contributed by atoms with Crippen molar-refractivity contribution in [3.05, 3.63) is 0 Å². The van der Waals surface area contributed by atoms with Crippen molar-refractivity contribution < 1.29 is 4.79 Å². The molecule has 18 heavy (non-hydrogen) atoms. The van der Waals surface area contributed by atoms with Gasteiger partial charge in [0.25, 0.3) is 0 Å². The lowest BCUT2D eigenvalue weighted by Gasteiger charge is -2.39. The van der Waals surface area contributed by atoms with Gasteiger partial charge < -0.3 is 4.90 Å². The zero-order chi connectivity index (χ0) is 14.0. The number of amides is 1. The summed E-state index contributed by atoms with van der Waals surface area (Å²) in [6.07, 6.45) is 4.62.